The van der Waals surface area contributed by atoms with Gasteiger partial charge in [0.2, 0.25) is 0 Å². The van der Waals surface area contributed by atoms with E-state index in [0.717, 1.165) is 32.5 Å². The Bertz CT molecular complexity index is 138. The Labute approximate surface area is 93.1 Å². The summed E-state index contributed by atoms with van der Waals surface area (Å²) in [5.74, 6) is 0. The maximum atomic E-state index is 8.60. The van der Waals surface area contributed by atoms with E-state index in [-0.39, 0.29) is 12.9 Å². The van der Waals surface area contributed by atoms with Crippen LogP contribution in [0.15, 0.2) is 12.2 Å². The number of aliphatic hydroxyl groups is 1. The Morgan fingerprint density at radius 1 is 1.07 bits per heavy atom. The minimum Gasteiger partial charge on any atom is -0.396 e. The van der Waals surface area contributed by atoms with Gasteiger partial charge >= 0.3 is 0 Å². The monoisotopic (exact) mass is 216 g/mol. The SMILES string of the molecule is CCCOC(C/C=C\CCO)OCCC. The molecular weight excluding hydrogens is 192 g/mol. The predicted molar refractivity (Wildman–Crippen MR) is 61.7 cm³/mol. The second-order valence-electron chi connectivity index (χ2n) is 3.39. The van der Waals surface area contributed by atoms with Crippen LogP contribution >= 0.6 is 0 Å². The number of hydrogen-bond donors (Lipinski definition) is 1. The maximum absolute atomic E-state index is 8.60. The lowest BCUT2D eigenvalue weighted by Crippen LogP contribution is -2.17. The lowest BCUT2D eigenvalue weighted by atomic mass is 10.3. The minimum absolute atomic E-state index is 0.125. The Morgan fingerprint density at radius 2 is 1.67 bits per heavy atom. The third-order valence-electron chi connectivity index (χ3n) is 1.81. The highest BCUT2D eigenvalue weighted by Gasteiger charge is 2.05. The molecule has 0 bridgehead atoms. The molecule has 90 valence electrons. The summed E-state index contributed by atoms with van der Waals surface area (Å²) in [5, 5.41) is 8.60. The van der Waals surface area contributed by atoms with Crippen molar-refractivity contribution < 1.29 is 14.6 Å². The van der Waals surface area contributed by atoms with Crippen LogP contribution in [0, 0.1) is 0 Å². The molecule has 0 spiro atoms. The number of hydrogen-bond acceptors (Lipinski definition) is 3. The van der Waals surface area contributed by atoms with E-state index in [1.54, 1.807) is 0 Å². The van der Waals surface area contributed by atoms with E-state index in [1.165, 1.54) is 0 Å². The molecule has 0 unspecified atom stereocenters. The molecule has 0 aliphatic rings. The van der Waals surface area contributed by atoms with Crippen LogP contribution in [-0.4, -0.2) is 31.2 Å². The van der Waals surface area contributed by atoms with Gasteiger partial charge in [-0.25, -0.2) is 0 Å². The molecule has 0 aromatic carbocycles. The van der Waals surface area contributed by atoms with Gasteiger partial charge in [0.25, 0.3) is 0 Å². The van der Waals surface area contributed by atoms with Crippen molar-refractivity contribution in [3.63, 3.8) is 0 Å². The van der Waals surface area contributed by atoms with Gasteiger partial charge in [-0.15, -0.1) is 0 Å². The number of aliphatic hydroxyl groups excluding tert-OH is 1. The van der Waals surface area contributed by atoms with Crippen LogP contribution in [-0.2, 0) is 9.47 Å². The molecule has 0 amide bonds. The molecule has 0 heterocycles. The molecule has 0 atom stereocenters. The summed E-state index contributed by atoms with van der Waals surface area (Å²) in [6.07, 6.45) is 7.32. The fourth-order valence-electron chi connectivity index (χ4n) is 1.08. The summed E-state index contributed by atoms with van der Waals surface area (Å²) in [6.45, 7) is 5.84. The average molecular weight is 216 g/mol. The molecule has 3 heteroatoms. The van der Waals surface area contributed by atoms with Crippen LogP contribution in [0.5, 0.6) is 0 Å². The lowest BCUT2D eigenvalue weighted by Gasteiger charge is -2.16. The highest BCUT2D eigenvalue weighted by Crippen LogP contribution is 2.04. The topological polar surface area (TPSA) is 38.7 Å². The first kappa shape index (κ1) is 14.6. The first-order chi connectivity index (χ1) is 7.35. The Morgan fingerprint density at radius 3 is 2.13 bits per heavy atom. The van der Waals surface area contributed by atoms with E-state index in [0.29, 0.717) is 6.42 Å². The van der Waals surface area contributed by atoms with E-state index >= 15 is 0 Å². The Balaban J connectivity index is 3.67. The van der Waals surface area contributed by atoms with Gasteiger partial charge in [-0.3, -0.25) is 0 Å². The molecule has 0 rings (SSSR count). The van der Waals surface area contributed by atoms with Gasteiger partial charge in [0, 0.05) is 26.2 Å². The summed E-state index contributed by atoms with van der Waals surface area (Å²) in [5.41, 5.74) is 0. The van der Waals surface area contributed by atoms with Crippen LogP contribution in [0.4, 0.5) is 0 Å². The van der Waals surface area contributed by atoms with Gasteiger partial charge in [-0.2, -0.15) is 0 Å². The third-order valence-corrected chi connectivity index (χ3v) is 1.81. The first-order valence-corrected chi connectivity index (χ1v) is 5.84. The van der Waals surface area contributed by atoms with E-state index < -0.39 is 0 Å². The summed E-state index contributed by atoms with van der Waals surface area (Å²) < 4.78 is 11.1. The molecule has 0 aromatic heterocycles. The number of ether oxygens (including phenoxy) is 2. The Kier molecular flexibility index (Phi) is 11.4. The van der Waals surface area contributed by atoms with Crippen molar-refractivity contribution in [2.24, 2.45) is 0 Å². The zero-order valence-corrected chi connectivity index (χ0v) is 9.95. The third kappa shape index (κ3) is 9.91. The minimum atomic E-state index is -0.125. The van der Waals surface area contributed by atoms with Crippen molar-refractivity contribution >= 4 is 0 Å². The van der Waals surface area contributed by atoms with Gasteiger partial charge in [0.1, 0.15) is 0 Å². The fourth-order valence-corrected chi connectivity index (χ4v) is 1.08. The fraction of sp³-hybridized carbons (Fsp3) is 0.833. The highest BCUT2D eigenvalue weighted by molar-refractivity contribution is 4.82. The van der Waals surface area contributed by atoms with Gasteiger partial charge in [-0.05, 0) is 19.3 Å². The summed E-state index contributed by atoms with van der Waals surface area (Å²) in [4.78, 5) is 0. The smallest absolute Gasteiger partial charge is 0.160 e. The molecular formula is C12H24O3. The molecule has 0 saturated heterocycles. The molecule has 0 radical (unpaired) electrons. The molecule has 0 fully saturated rings. The molecule has 0 saturated carbocycles. The van der Waals surface area contributed by atoms with Crippen molar-refractivity contribution in [2.45, 2.75) is 45.8 Å². The second-order valence-corrected chi connectivity index (χ2v) is 3.39. The van der Waals surface area contributed by atoms with Gasteiger partial charge in [0.15, 0.2) is 6.29 Å². The van der Waals surface area contributed by atoms with E-state index in [4.69, 9.17) is 14.6 Å². The van der Waals surface area contributed by atoms with Crippen molar-refractivity contribution in [1.29, 1.82) is 0 Å². The van der Waals surface area contributed by atoms with Crippen LogP contribution in [0.2, 0.25) is 0 Å². The van der Waals surface area contributed by atoms with Gasteiger partial charge in [0.05, 0.1) is 0 Å². The van der Waals surface area contributed by atoms with Crippen LogP contribution in [0.1, 0.15) is 39.5 Å². The van der Waals surface area contributed by atoms with Crippen molar-refractivity contribution in [2.75, 3.05) is 19.8 Å². The van der Waals surface area contributed by atoms with E-state index in [9.17, 15) is 0 Å². The van der Waals surface area contributed by atoms with Crippen molar-refractivity contribution in [1.82, 2.24) is 0 Å². The molecule has 0 aromatic rings. The largest absolute Gasteiger partial charge is 0.396 e. The normalized spacial score (nSPS) is 11.7. The molecule has 15 heavy (non-hydrogen) atoms. The zero-order chi connectivity index (χ0) is 11.4. The summed E-state index contributed by atoms with van der Waals surface area (Å²) >= 11 is 0. The van der Waals surface area contributed by atoms with E-state index in [2.05, 4.69) is 13.8 Å². The zero-order valence-electron chi connectivity index (χ0n) is 9.95. The number of rotatable bonds is 10. The molecule has 0 aliphatic carbocycles. The van der Waals surface area contributed by atoms with Crippen LogP contribution < -0.4 is 0 Å². The second kappa shape index (κ2) is 11.7. The van der Waals surface area contributed by atoms with E-state index in [1.807, 2.05) is 12.2 Å². The quantitative estimate of drug-likeness (QED) is 0.450. The summed E-state index contributed by atoms with van der Waals surface area (Å²) in [7, 11) is 0. The standard InChI is InChI=1S/C12H24O3/c1-3-10-14-12(15-11-4-2)8-6-5-7-9-13/h5-6,12-13H,3-4,7-11H2,1-2H3/b6-5-. The first-order valence-electron chi connectivity index (χ1n) is 5.84. The lowest BCUT2D eigenvalue weighted by molar-refractivity contribution is -0.139. The predicted octanol–water partition coefficient (Wildman–Crippen LogP) is 2.49. The van der Waals surface area contributed by atoms with Crippen LogP contribution in [0.3, 0.4) is 0 Å². The molecule has 1 N–H and O–H groups in total. The van der Waals surface area contributed by atoms with Crippen LogP contribution in [0.25, 0.3) is 0 Å². The molecule has 3 nitrogen and oxygen atoms in total. The highest BCUT2D eigenvalue weighted by atomic mass is 16.7. The molecule has 0 aliphatic heterocycles. The average Bonchev–Trinajstić information content (AvgIpc) is 2.27. The van der Waals surface area contributed by atoms with Gasteiger partial charge < -0.3 is 14.6 Å². The Hall–Kier alpha value is -0.380. The summed E-state index contributed by atoms with van der Waals surface area (Å²) in [6, 6.07) is 0. The van der Waals surface area contributed by atoms with Gasteiger partial charge in [-0.1, -0.05) is 26.0 Å². The maximum Gasteiger partial charge on any atom is 0.160 e. The van der Waals surface area contributed by atoms with Crippen molar-refractivity contribution in [3.8, 4) is 0 Å². The van der Waals surface area contributed by atoms with Crippen molar-refractivity contribution in [3.05, 3.63) is 12.2 Å².